The summed E-state index contributed by atoms with van der Waals surface area (Å²) in [4.78, 5) is 0. The van der Waals surface area contributed by atoms with Crippen LogP contribution in [-0.4, -0.2) is 30.0 Å². The molecule has 1 aliphatic rings. The first-order valence-electron chi connectivity index (χ1n) is 6.54. The fourth-order valence-corrected chi connectivity index (χ4v) is 3.44. The fraction of sp³-hybridized carbons (Fsp3) is 0.714. The van der Waals surface area contributed by atoms with E-state index in [0.29, 0.717) is 0 Å². The first-order chi connectivity index (χ1) is 8.55. The number of aliphatic hydroxyl groups excluding tert-OH is 1. The summed E-state index contributed by atoms with van der Waals surface area (Å²) in [5, 5.41) is 17.5. The summed E-state index contributed by atoms with van der Waals surface area (Å²) in [7, 11) is 0. The molecule has 0 unspecified atom stereocenters. The lowest BCUT2D eigenvalue weighted by molar-refractivity contribution is -0.177. The van der Waals surface area contributed by atoms with Crippen molar-refractivity contribution in [2.75, 3.05) is 13.2 Å². The Kier molecular flexibility index (Phi) is 4.11. The maximum absolute atomic E-state index is 9.77. The molecule has 1 aromatic rings. The van der Waals surface area contributed by atoms with Crippen LogP contribution in [0.4, 0.5) is 0 Å². The number of hydrogen-bond acceptors (Lipinski definition) is 4. The summed E-state index contributed by atoms with van der Waals surface area (Å²) in [5.74, 6) is 0. The van der Waals surface area contributed by atoms with Gasteiger partial charge in [0.1, 0.15) is 0 Å². The predicted octanol–water partition coefficient (Wildman–Crippen LogP) is 2.40. The summed E-state index contributed by atoms with van der Waals surface area (Å²) >= 11 is 1.70. The summed E-state index contributed by atoms with van der Waals surface area (Å²) < 4.78 is 5.74. The Bertz CT molecular complexity index is 377. The van der Waals surface area contributed by atoms with E-state index in [1.54, 1.807) is 11.3 Å². The number of rotatable bonds is 6. The van der Waals surface area contributed by atoms with E-state index in [9.17, 15) is 5.11 Å². The second kappa shape index (κ2) is 5.29. The van der Waals surface area contributed by atoms with Gasteiger partial charge >= 0.3 is 0 Å². The Hall–Kier alpha value is -0.420. The van der Waals surface area contributed by atoms with Gasteiger partial charge in [0.15, 0.2) is 0 Å². The highest BCUT2D eigenvalue weighted by Gasteiger charge is 2.60. The van der Waals surface area contributed by atoms with E-state index in [0.717, 1.165) is 19.6 Å². The standard InChI is InChI=1S/C14H23NO2S/c1-4-17-12-7-14(10-16,13(12,2)3)15-8-11-5-6-18-9-11/h5-6,9,12,15-16H,4,7-8,10H2,1-3H3/t12-,14+/m0/s1. The predicted molar refractivity (Wildman–Crippen MR) is 74.8 cm³/mol. The molecular formula is C14H23NO2S. The van der Waals surface area contributed by atoms with Crippen molar-refractivity contribution in [2.24, 2.45) is 5.41 Å². The van der Waals surface area contributed by atoms with E-state index in [2.05, 4.69) is 36.0 Å². The molecule has 2 rings (SSSR count). The van der Waals surface area contributed by atoms with Crippen LogP contribution in [-0.2, 0) is 11.3 Å². The molecule has 0 saturated heterocycles. The summed E-state index contributed by atoms with van der Waals surface area (Å²) in [6.07, 6.45) is 1.12. The van der Waals surface area contributed by atoms with Crippen molar-refractivity contribution in [1.82, 2.24) is 5.32 Å². The SMILES string of the molecule is CCO[C@H]1C[C@](CO)(NCc2ccsc2)C1(C)C. The van der Waals surface area contributed by atoms with E-state index in [1.807, 2.05) is 6.92 Å². The quantitative estimate of drug-likeness (QED) is 0.833. The topological polar surface area (TPSA) is 41.5 Å². The molecule has 0 spiro atoms. The minimum atomic E-state index is -0.214. The van der Waals surface area contributed by atoms with Crippen LogP contribution < -0.4 is 5.32 Å². The molecule has 1 aromatic heterocycles. The van der Waals surface area contributed by atoms with Crippen molar-refractivity contribution in [3.8, 4) is 0 Å². The highest BCUT2D eigenvalue weighted by atomic mass is 32.1. The van der Waals surface area contributed by atoms with Crippen LogP contribution in [0.2, 0.25) is 0 Å². The van der Waals surface area contributed by atoms with Crippen LogP contribution in [0.15, 0.2) is 16.8 Å². The molecule has 1 fully saturated rings. The van der Waals surface area contributed by atoms with Crippen LogP contribution in [0, 0.1) is 5.41 Å². The van der Waals surface area contributed by atoms with Crippen molar-refractivity contribution in [3.63, 3.8) is 0 Å². The van der Waals surface area contributed by atoms with Crippen LogP contribution in [0.5, 0.6) is 0 Å². The third-order valence-corrected chi connectivity index (χ3v) is 5.15. The number of ether oxygens (including phenoxy) is 1. The molecule has 18 heavy (non-hydrogen) atoms. The first-order valence-corrected chi connectivity index (χ1v) is 7.48. The van der Waals surface area contributed by atoms with Gasteiger partial charge in [0, 0.05) is 18.6 Å². The molecule has 0 bridgehead atoms. The maximum Gasteiger partial charge on any atom is 0.0663 e. The van der Waals surface area contributed by atoms with E-state index >= 15 is 0 Å². The maximum atomic E-state index is 9.77. The number of nitrogens with one attached hydrogen (secondary N) is 1. The van der Waals surface area contributed by atoms with Gasteiger partial charge in [0.2, 0.25) is 0 Å². The Labute approximate surface area is 113 Å². The normalized spacial score (nSPS) is 30.1. The van der Waals surface area contributed by atoms with Crippen molar-refractivity contribution in [1.29, 1.82) is 0 Å². The van der Waals surface area contributed by atoms with Gasteiger partial charge in [-0.1, -0.05) is 13.8 Å². The van der Waals surface area contributed by atoms with Crippen molar-refractivity contribution < 1.29 is 9.84 Å². The molecule has 1 aliphatic carbocycles. The van der Waals surface area contributed by atoms with E-state index in [1.165, 1.54) is 5.56 Å². The average molecular weight is 269 g/mol. The molecule has 3 nitrogen and oxygen atoms in total. The lowest BCUT2D eigenvalue weighted by atomic mass is 9.54. The summed E-state index contributed by atoms with van der Waals surface area (Å²) in [6, 6.07) is 2.12. The molecule has 2 atom stereocenters. The van der Waals surface area contributed by atoms with Gasteiger partial charge in [-0.25, -0.2) is 0 Å². The van der Waals surface area contributed by atoms with Crippen molar-refractivity contribution in [3.05, 3.63) is 22.4 Å². The third kappa shape index (κ3) is 2.23. The highest BCUT2D eigenvalue weighted by molar-refractivity contribution is 7.07. The summed E-state index contributed by atoms with van der Waals surface area (Å²) in [5.41, 5.74) is 1.03. The third-order valence-electron chi connectivity index (χ3n) is 4.42. The lowest BCUT2D eigenvalue weighted by Gasteiger charge is -2.60. The van der Waals surface area contributed by atoms with Crippen LogP contribution in [0.25, 0.3) is 0 Å². The molecule has 1 heterocycles. The molecule has 102 valence electrons. The molecular weight excluding hydrogens is 246 g/mol. The molecule has 2 N–H and O–H groups in total. The molecule has 0 amide bonds. The van der Waals surface area contributed by atoms with E-state index in [4.69, 9.17) is 4.74 Å². The minimum Gasteiger partial charge on any atom is -0.394 e. The van der Waals surface area contributed by atoms with Crippen LogP contribution >= 0.6 is 11.3 Å². The van der Waals surface area contributed by atoms with Crippen LogP contribution in [0.1, 0.15) is 32.8 Å². The monoisotopic (exact) mass is 269 g/mol. The Morgan fingerprint density at radius 1 is 1.56 bits per heavy atom. The van der Waals surface area contributed by atoms with Gasteiger partial charge in [0.25, 0.3) is 0 Å². The zero-order chi connectivity index (χ0) is 13.2. The van der Waals surface area contributed by atoms with Gasteiger partial charge in [-0.2, -0.15) is 11.3 Å². The van der Waals surface area contributed by atoms with Gasteiger partial charge in [-0.15, -0.1) is 0 Å². The highest BCUT2D eigenvalue weighted by Crippen LogP contribution is 2.51. The minimum absolute atomic E-state index is 0.0339. The molecule has 0 aliphatic heterocycles. The van der Waals surface area contributed by atoms with Gasteiger partial charge in [0.05, 0.1) is 18.2 Å². The van der Waals surface area contributed by atoms with Crippen LogP contribution in [0.3, 0.4) is 0 Å². The Balaban J connectivity index is 2.00. The number of hydrogen-bond donors (Lipinski definition) is 2. The zero-order valence-corrected chi connectivity index (χ0v) is 12.2. The Morgan fingerprint density at radius 3 is 2.83 bits per heavy atom. The van der Waals surface area contributed by atoms with Crippen molar-refractivity contribution >= 4 is 11.3 Å². The molecule has 4 heteroatoms. The van der Waals surface area contributed by atoms with Gasteiger partial charge < -0.3 is 15.2 Å². The first kappa shape index (κ1) is 14.0. The van der Waals surface area contributed by atoms with E-state index < -0.39 is 0 Å². The van der Waals surface area contributed by atoms with Gasteiger partial charge in [-0.05, 0) is 35.7 Å². The smallest absolute Gasteiger partial charge is 0.0663 e. The molecule has 0 radical (unpaired) electrons. The largest absolute Gasteiger partial charge is 0.394 e. The van der Waals surface area contributed by atoms with E-state index in [-0.39, 0.29) is 23.7 Å². The lowest BCUT2D eigenvalue weighted by Crippen LogP contribution is -2.73. The fourth-order valence-electron chi connectivity index (χ4n) is 2.77. The Morgan fingerprint density at radius 2 is 2.33 bits per heavy atom. The second-order valence-electron chi connectivity index (χ2n) is 5.60. The van der Waals surface area contributed by atoms with Gasteiger partial charge in [-0.3, -0.25) is 0 Å². The zero-order valence-electron chi connectivity index (χ0n) is 11.4. The number of thiophene rings is 1. The molecule has 0 aromatic carbocycles. The second-order valence-corrected chi connectivity index (χ2v) is 6.38. The summed E-state index contributed by atoms with van der Waals surface area (Å²) in [6.45, 7) is 8.08. The average Bonchev–Trinajstić information content (AvgIpc) is 2.86. The molecule has 1 saturated carbocycles. The van der Waals surface area contributed by atoms with Crippen molar-refractivity contribution in [2.45, 2.75) is 45.4 Å². The number of aliphatic hydroxyl groups is 1.